The van der Waals surface area contributed by atoms with Crippen molar-refractivity contribution in [2.75, 3.05) is 5.32 Å². The first kappa shape index (κ1) is 16.9. The minimum absolute atomic E-state index is 0.0181. The normalized spacial score (nSPS) is 19.7. The van der Waals surface area contributed by atoms with E-state index >= 15 is 0 Å². The maximum Gasteiger partial charge on any atom is 0.419 e. The van der Waals surface area contributed by atoms with E-state index in [-0.39, 0.29) is 22.9 Å². The number of nitrogens with zero attached hydrogens (tertiary/aromatic N) is 2. The molecule has 2 unspecified atom stereocenters. The van der Waals surface area contributed by atoms with Gasteiger partial charge in [-0.1, -0.05) is 11.6 Å². The largest absolute Gasteiger partial charge is 0.419 e. The van der Waals surface area contributed by atoms with E-state index in [1.807, 2.05) is 0 Å². The molecule has 0 aromatic carbocycles. The SMILES string of the molecule is FC(F)(F)c1cccnc1NC(=S)NC1CC1c1ncccc1Cl. The lowest BCUT2D eigenvalue weighted by molar-refractivity contribution is -0.137. The number of halogens is 4. The molecule has 4 nitrogen and oxygen atoms in total. The first-order valence-corrected chi connectivity index (χ1v) is 7.85. The fraction of sp³-hybridized carbons (Fsp3) is 0.267. The van der Waals surface area contributed by atoms with E-state index in [0.29, 0.717) is 5.02 Å². The molecule has 2 aromatic heterocycles. The van der Waals surface area contributed by atoms with Gasteiger partial charge in [0.2, 0.25) is 0 Å². The van der Waals surface area contributed by atoms with Crippen LogP contribution >= 0.6 is 23.8 Å². The maximum atomic E-state index is 12.9. The van der Waals surface area contributed by atoms with Crippen LogP contribution in [0.4, 0.5) is 19.0 Å². The van der Waals surface area contributed by atoms with Gasteiger partial charge in [0.15, 0.2) is 5.11 Å². The summed E-state index contributed by atoms with van der Waals surface area (Å²) in [4.78, 5) is 7.94. The standard InChI is InChI=1S/C15H12ClF3N4S/c16-10-4-2-5-20-12(10)8-7-11(8)22-14(24)23-13-9(15(17,18)19)3-1-6-21-13/h1-6,8,11H,7H2,(H2,21,22,23,24). The molecule has 2 N–H and O–H groups in total. The summed E-state index contributed by atoms with van der Waals surface area (Å²) >= 11 is 11.2. The number of hydrogen-bond acceptors (Lipinski definition) is 3. The summed E-state index contributed by atoms with van der Waals surface area (Å²) in [5.74, 6) is -0.236. The molecule has 2 heterocycles. The zero-order valence-electron chi connectivity index (χ0n) is 12.1. The monoisotopic (exact) mass is 372 g/mol. The van der Waals surface area contributed by atoms with Crippen LogP contribution in [0.3, 0.4) is 0 Å². The van der Waals surface area contributed by atoms with Crippen molar-refractivity contribution >= 4 is 34.7 Å². The van der Waals surface area contributed by atoms with E-state index in [2.05, 4.69) is 20.6 Å². The number of thiocarbonyl (C=S) groups is 1. The first-order valence-electron chi connectivity index (χ1n) is 7.06. The number of nitrogens with one attached hydrogen (secondary N) is 2. The van der Waals surface area contributed by atoms with Gasteiger partial charge in [-0.15, -0.1) is 0 Å². The van der Waals surface area contributed by atoms with Crippen molar-refractivity contribution in [3.8, 4) is 0 Å². The number of rotatable bonds is 3. The van der Waals surface area contributed by atoms with Crippen LogP contribution < -0.4 is 10.6 Å². The van der Waals surface area contributed by atoms with Crippen LogP contribution in [0, 0.1) is 0 Å². The van der Waals surface area contributed by atoms with Crippen molar-refractivity contribution in [1.29, 1.82) is 0 Å². The summed E-state index contributed by atoms with van der Waals surface area (Å²) in [5.41, 5.74) is -0.109. The fourth-order valence-electron chi connectivity index (χ4n) is 2.37. The zero-order chi connectivity index (χ0) is 17.3. The molecule has 24 heavy (non-hydrogen) atoms. The van der Waals surface area contributed by atoms with E-state index in [0.717, 1.165) is 18.2 Å². The summed E-state index contributed by atoms with van der Waals surface area (Å²) in [6, 6.07) is 5.65. The predicted molar refractivity (Wildman–Crippen MR) is 89.0 cm³/mol. The van der Waals surface area contributed by atoms with Gasteiger partial charge in [-0.25, -0.2) is 4.98 Å². The van der Waals surface area contributed by atoms with Crippen LogP contribution in [0.1, 0.15) is 23.6 Å². The van der Waals surface area contributed by atoms with Gasteiger partial charge in [0, 0.05) is 24.4 Å². The van der Waals surface area contributed by atoms with Crippen LogP contribution in [0.2, 0.25) is 5.02 Å². The maximum absolute atomic E-state index is 12.9. The van der Waals surface area contributed by atoms with Gasteiger partial charge in [0.25, 0.3) is 0 Å². The molecule has 0 aliphatic heterocycles. The fourth-order valence-corrected chi connectivity index (χ4v) is 2.88. The Hall–Kier alpha value is -1.93. The second-order valence-electron chi connectivity index (χ2n) is 5.31. The zero-order valence-corrected chi connectivity index (χ0v) is 13.7. The highest BCUT2D eigenvalue weighted by molar-refractivity contribution is 7.80. The van der Waals surface area contributed by atoms with Crippen molar-refractivity contribution < 1.29 is 13.2 Å². The molecule has 1 saturated carbocycles. The van der Waals surface area contributed by atoms with Gasteiger partial charge in [-0.05, 0) is 42.9 Å². The lowest BCUT2D eigenvalue weighted by atomic mass is 10.2. The number of pyridine rings is 2. The average Bonchev–Trinajstić information content (AvgIpc) is 3.26. The number of anilines is 1. The Morgan fingerprint density at radius 2 is 1.92 bits per heavy atom. The third-order valence-electron chi connectivity index (χ3n) is 3.59. The lowest BCUT2D eigenvalue weighted by Gasteiger charge is -2.14. The minimum atomic E-state index is -4.50. The van der Waals surface area contributed by atoms with Gasteiger partial charge < -0.3 is 10.6 Å². The molecule has 3 rings (SSSR count). The Morgan fingerprint density at radius 3 is 2.62 bits per heavy atom. The molecule has 126 valence electrons. The molecule has 0 amide bonds. The van der Waals surface area contributed by atoms with Gasteiger partial charge in [-0.3, -0.25) is 4.98 Å². The smallest absolute Gasteiger partial charge is 0.359 e. The number of hydrogen-bond donors (Lipinski definition) is 2. The van der Waals surface area contributed by atoms with E-state index in [4.69, 9.17) is 23.8 Å². The Kier molecular flexibility index (Phi) is 4.60. The molecule has 1 aliphatic rings. The lowest BCUT2D eigenvalue weighted by Crippen LogP contribution is -2.32. The van der Waals surface area contributed by atoms with E-state index in [1.165, 1.54) is 12.3 Å². The summed E-state index contributed by atoms with van der Waals surface area (Å²) in [5, 5.41) is 6.13. The first-order chi connectivity index (χ1) is 11.4. The van der Waals surface area contributed by atoms with Crippen molar-refractivity contribution in [2.45, 2.75) is 24.6 Å². The Bertz CT molecular complexity index is 768. The number of aromatic nitrogens is 2. The number of alkyl halides is 3. The Balaban J connectivity index is 1.63. The van der Waals surface area contributed by atoms with Crippen molar-refractivity contribution in [3.63, 3.8) is 0 Å². The van der Waals surface area contributed by atoms with Crippen LogP contribution in [0.15, 0.2) is 36.7 Å². The predicted octanol–water partition coefficient (Wildman–Crippen LogP) is 3.99. The quantitative estimate of drug-likeness (QED) is 0.798. The van der Waals surface area contributed by atoms with E-state index in [9.17, 15) is 13.2 Å². The highest BCUT2D eigenvalue weighted by atomic mass is 35.5. The van der Waals surface area contributed by atoms with Gasteiger partial charge in [-0.2, -0.15) is 13.2 Å². The summed E-state index contributed by atoms with van der Waals surface area (Å²) in [6.45, 7) is 0. The summed E-state index contributed by atoms with van der Waals surface area (Å²) in [7, 11) is 0. The molecule has 0 spiro atoms. The van der Waals surface area contributed by atoms with Crippen LogP contribution in [0.5, 0.6) is 0 Å². The summed E-state index contributed by atoms with van der Waals surface area (Å²) < 4.78 is 38.8. The van der Waals surface area contributed by atoms with Crippen molar-refractivity contribution in [1.82, 2.24) is 15.3 Å². The molecule has 1 aliphatic carbocycles. The van der Waals surface area contributed by atoms with Crippen molar-refractivity contribution in [2.24, 2.45) is 0 Å². The second-order valence-corrected chi connectivity index (χ2v) is 6.13. The van der Waals surface area contributed by atoms with Crippen molar-refractivity contribution in [3.05, 3.63) is 52.9 Å². The van der Waals surface area contributed by atoms with E-state index < -0.39 is 11.7 Å². The van der Waals surface area contributed by atoms with Gasteiger partial charge in [0.1, 0.15) is 5.82 Å². The molecule has 2 atom stereocenters. The average molecular weight is 373 g/mol. The molecule has 1 fully saturated rings. The molecule has 2 aromatic rings. The van der Waals surface area contributed by atoms with Gasteiger partial charge in [0.05, 0.1) is 16.3 Å². The van der Waals surface area contributed by atoms with Crippen LogP contribution in [-0.4, -0.2) is 21.1 Å². The Labute approximate surface area is 146 Å². The highest BCUT2D eigenvalue weighted by Gasteiger charge is 2.41. The van der Waals surface area contributed by atoms with Crippen LogP contribution in [-0.2, 0) is 6.18 Å². The minimum Gasteiger partial charge on any atom is -0.359 e. The molecule has 0 saturated heterocycles. The molecule has 0 bridgehead atoms. The third kappa shape index (κ3) is 3.76. The topological polar surface area (TPSA) is 49.8 Å². The second kappa shape index (κ2) is 6.52. The van der Waals surface area contributed by atoms with Gasteiger partial charge >= 0.3 is 6.18 Å². The van der Waals surface area contributed by atoms with Crippen LogP contribution in [0.25, 0.3) is 0 Å². The highest BCUT2D eigenvalue weighted by Crippen LogP contribution is 2.42. The molecule has 0 radical (unpaired) electrons. The molecule has 9 heteroatoms. The summed E-state index contributed by atoms with van der Waals surface area (Å²) in [6.07, 6.45) is -0.826. The molecular formula is C15H12ClF3N4S. The molecular weight excluding hydrogens is 361 g/mol. The Morgan fingerprint density at radius 1 is 1.21 bits per heavy atom. The van der Waals surface area contributed by atoms with E-state index in [1.54, 1.807) is 18.3 Å². The third-order valence-corrected chi connectivity index (χ3v) is 4.13.